The van der Waals surface area contributed by atoms with Crippen molar-refractivity contribution < 1.29 is 0 Å². The zero-order valence-electron chi connectivity index (χ0n) is 8.55. The van der Waals surface area contributed by atoms with Crippen molar-refractivity contribution in [2.45, 2.75) is 0 Å². The predicted octanol–water partition coefficient (Wildman–Crippen LogP) is 2.45. The number of hydrogen-bond acceptors (Lipinski definition) is 2. The molecule has 0 aliphatic heterocycles. The van der Waals surface area contributed by atoms with Gasteiger partial charge in [0.25, 0.3) is 0 Å². The largest absolute Gasteiger partial charge is 0.382 e. The van der Waals surface area contributed by atoms with Gasteiger partial charge in [-0.05, 0) is 11.6 Å². The molecule has 82 valence electrons. The van der Waals surface area contributed by atoms with Crippen LogP contribution in [0.4, 0.5) is 0 Å². The van der Waals surface area contributed by atoms with E-state index in [-0.39, 0.29) is 18.2 Å². The number of nitrogens with one attached hydrogen (secondary N) is 1. The van der Waals surface area contributed by atoms with Gasteiger partial charge in [0, 0.05) is 11.8 Å². The highest BCUT2D eigenvalue weighted by Gasteiger charge is 2.07. The fourth-order valence-corrected chi connectivity index (χ4v) is 1.47. The molecule has 1 aromatic heterocycles. The lowest BCUT2D eigenvalue weighted by Crippen LogP contribution is -2.14. The zero-order valence-corrected chi connectivity index (χ0v) is 9.37. The maximum atomic E-state index is 7.44. The maximum Gasteiger partial charge on any atom is 0.142 e. The molecule has 0 bridgehead atoms. The fraction of sp³-hybridized carbons (Fsp3) is 0. The summed E-state index contributed by atoms with van der Waals surface area (Å²) in [4.78, 5) is 4.11. The average molecular weight is 234 g/mol. The molecule has 3 N–H and O–H groups in total. The number of halogens is 1. The summed E-state index contributed by atoms with van der Waals surface area (Å²) in [5.41, 5.74) is 7.92. The summed E-state index contributed by atoms with van der Waals surface area (Å²) in [6.45, 7) is 0. The quantitative estimate of drug-likeness (QED) is 0.618. The second-order valence-electron chi connectivity index (χ2n) is 3.18. The highest BCUT2D eigenvalue weighted by Crippen LogP contribution is 2.20. The van der Waals surface area contributed by atoms with Crippen LogP contribution in [-0.2, 0) is 0 Å². The first kappa shape index (κ1) is 12.2. The van der Waals surface area contributed by atoms with Gasteiger partial charge in [0.1, 0.15) is 11.5 Å². The summed E-state index contributed by atoms with van der Waals surface area (Å²) in [5.74, 6) is -0.00514. The Morgan fingerprint density at radius 2 is 1.75 bits per heavy atom. The van der Waals surface area contributed by atoms with Crippen LogP contribution in [0.3, 0.4) is 0 Å². The number of aromatic nitrogens is 1. The van der Waals surface area contributed by atoms with E-state index in [0.717, 1.165) is 11.1 Å². The number of nitrogens with two attached hydrogens (primary N) is 1. The van der Waals surface area contributed by atoms with E-state index >= 15 is 0 Å². The van der Waals surface area contributed by atoms with Gasteiger partial charge in [-0.3, -0.25) is 10.4 Å². The van der Waals surface area contributed by atoms with Crippen molar-refractivity contribution in [3.05, 3.63) is 54.4 Å². The summed E-state index contributed by atoms with van der Waals surface area (Å²) >= 11 is 0. The lowest BCUT2D eigenvalue weighted by molar-refractivity contribution is 1.26. The predicted molar refractivity (Wildman–Crippen MR) is 67.9 cm³/mol. The van der Waals surface area contributed by atoms with Gasteiger partial charge >= 0.3 is 0 Å². The minimum Gasteiger partial charge on any atom is -0.382 e. The zero-order chi connectivity index (χ0) is 10.7. The molecule has 0 aliphatic rings. The van der Waals surface area contributed by atoms with Gasteiger partial charge in [-0.25, -0.2) is 0 Å². The molecular formula is C12H12ClN3. The highest BCUT2D eigenvalue weighted by molar-refractivity contribution is 5.99. The Morgan fingerprint density at radius 3 is 2.38 bits per heavy atom. The lowest BCUT2D eigenvalue weighted by Gasteiger charge is -2.06. The molecule has 2 aromatic rings. The Balaban J connectivity index is 0.00000128. The number of amidine groups is 1. The van der Waals surface area contributed by atoms with Crippen molar-refractivity contribution in [2.75, 3.05) is 0 Å². The van der Waals surface area contributed by atoms with Crippen LogP contribution < -0.4 is 5.73 Å². The van der Waals surface area contributed by atoms with Crippen LogP contribution >= 0.6 is 12.4 Å². The van der Waals surface area contributed by atoms with Crippen molar-refractivity contribution in [1.29, 1.82) is 5.41 Å². The van der Waals surface area contributed by atoms with E-state index in [1.807, 2.05) is 42.5 Å². The fourth-order valence-electron chi connectivity index (χ4n) is 1.47. The second-order valence-corrected chi connectivity index (χ2v) is 3.18. The summed E-state index contributed by atoms with van der Waals surface area (Å²) in [6, 6.07) is 13.6. The number of rotatable bonds is 2. The normalized spacial score (nSPS) is 9.25. The SMILES string of the molecule is Cl.N=C(N)c1ncccc1-c1ccccc1. The topological polar surface area (TPSA) is 62.8 Å². The Hall–Kier alpha value is -1.87. The van der Waals surface area contributed by atoms with E-state index < -0.39 is 0 Å². The molecule has 2 rings (SSSR count). The Bertz CT molecular complexity index is 483. The summed E-state index contributed by atoms with van der Waals surface area (Å²) in [5, 5.41) is 7.44. The summed E-state index contributed by atoms with van der Waals surface area (Å²) in [6.07, 6.45) is 1.64. The van der Waals surface area contributed by atoms with Crippen LogP contribution in [0.25, 0.3) is 11.1 Å². The van der Waals surface area contributed by atoms with Gasteiger partial charge in [0.05, 0.1) is 0 Å². The Kier molecular flexibility index (Phi) is 4.03. The van der Waals surface area contributed by atoms with Gasteiger partial charge < -0.3 is 5.73 Å². The standard InChI is InChI=1S/C12H11N3.ClH/c13-12(14)11-10(7-4-8-15-11)9-5-2-1-3-6-9;/h1-8H,(H3,13,14);1H. The van der Waals surface area contributed by atoms with Crippen molar-refractivity contribution in [3.63, 3.8) is 0 Å². The molecule has 3 nitrogen and oxygen atoms in total. The molecule has 1 aromatic carbocycles. The summed E-state index contributed by atoms with van der Waals surface area (Å²) < 4.78 is 0. The van der Waals surface area contributed by atoms with Crippen LogP contribution in [0.5, 0.6) is 0 Å². The van der Waals surface area contributed by atoms with Gasteiger partial charge in [0.15, 0.2) is 0 Å². The molecule has 16 heavy (non-hydrogen) atoms. The molecule has 4 heteroatoms. The van der Waals surface area contributed by atoms with Crippen molar-refractivity contribution in [2.24, 2.45) is 5.73 Å². The first-order chi connectivity index (χ1) is 7.29. The number of benzene rings is 1. The third-order valence-electron chi connectivity index (χ3n) is 2.15. The Labute approximate surface area is 100 Å². The number of hydrogen-bond donors (Lipinski definition) is 2. The lowest BCUT2D eigenvalue weighted by atomic mass is 10.0. The van der Waals surface area contributed by atoms with E-state index in [0.29, 0.717) is 5.69 Å². The molecule has 1 heterocycles. The second kappa shape index (κ2) is 5.28. The molecule has 0 fully saturated rings. The van der Waals surface area contributed by atoms with E-state index in [1.54, 1.807) is 6.20 Å². The third-order valence-corrected chi connectivity index (χ3v) is 2.15. The minimum atomic E-state index is -0.00514. The maximum absolute atomic E-state index is 7.44. The number of nitrogen functional groups attached to an aromatic ring is 1. The van der Waals surface area contributed by atoms with Crippen LogP contribution in [0, 0.1) is 5.41 Å². The van der Waals surface area contributed by atoms with Crippen LogP contribution in [0.15, 0.2) is 48.7 Å². The average Bonchev–Trinajstić information content (AvgIpc) is 2.30. The van der Waals surface area contributed by atoms with Gasteiger partial charge in [-0.15, -0.1) is 12.4 Å². The summed E-state index contributed by atoms with van der Waals surface area (Å²) in [7, 11) is 0. The van der Waals surface area contributed by atoms with Crippen molar-refractivity contribution >= 4 is 18.2 Å². The number of nitrogens with zero attached hydrogens (tertiary/aromatic N) is 1. The molecule has 0 aliphatic carbocycles. The van der Waals surface area contributed by atoms with Gasteiger partial charge in [0.2, 0.25) is 0 Å². The first-order valence-electron chi connectivity index (χ1n) is 4.64. The molecule has 0 saturated heterocycles. The van der Waals surface area contributed by atoms with E-state index in [1.165, 1.54) is 0 Å². The molecule has 0 atom stereocenters. The van der Waals surface area contributed by atoms with Gasteiger partial charge in [-0.2, -0.15) is 0 Å². The molecule has 0 amide bonds. The first-order valence-corrected chi connectivity index (χ1v) is 4.64. The monoisotopic (exact) mass is 233 g/mol. The highest BCUT2D eigenvalue weighted by atomic mass is 35.5. The van der Waals surface area contributed by atoms with Crippen LogP contribution in [0.1, 0.15) is 5.69 Å². The van der Waals surface area contributed by atoms with Crippen LogP contribution in [0.2, 0.25) is 0 Å². The molecule has 0 spiro atoms. The van der Waals surface area contributed by atoms with E-state index in [4.69, 9.17) is 11.1 Å². The minimum absolute atomic E-state index is 0. The molecular weight excluding hydrogens is 222 g/mol. The van der Waals surface area contributed by atoms with Crippen LogP contribution in [-0.4, -0.2) is 10.8 Å². The van der Waals surface area contributed by atoms with Crippen molar-refractivity contribution in [1.82, 2.24) is 4.98 Å². The smallest absolute Gasteiger partial charge is 0.142 e. The molecule has 0 saturated carbocycles. The van der Waals surface area contributed by atoms with E-state index in [2.05, 4.69) is 4.98 Å². The Morgan fingerprint density at radius 1 is 1.06 bits per heavy atom. The molecule has 0 radical (unpaired) electrons. The van der Waals surface area contributed by atoms with Crippen molar-refractivity contribution in [3.8, 4) is 11.1 Å². The van der Waals surface area contributed by atoms with E-state index in [9.17, 15) is 0 Å². The number of pyridine rings is 1. The molecule has 0 unspecified atom stereocenters. The van der Waals surface area contributed by atoms with Gasteiger partial charge in [-0.1, -0.05) is 36.4 Å². The third kappa shape index (κ3) is 2.38.